The van der Waals surface area contributed by atoms with E-state index in [4.69, 9.17) is 0 Å². The molecule has 0 radical (unpaired) electrons. The van der Waals surface area contributed by atoms with Crippen molar-refractivity contribution in [2.75, 3.05) is 0 Å². The fourth-order valence-corrected chi connectivity index (χ4v) is 2.08. The zero-order valence-electron chi connectivity index (χ0n) is 5.61. The molecule has 11 heavy (non-hydrogen) atoms. The number of hydrogen-bond donors (Lipinski definition) is 0. The summed E-state index contributed by atoms with van der Waals surface area (Å²) in [5.41, 5.74) is 0. The molecule has 2 heterocycles. The van der Waals surface area contributed by atoms with Gasteiger partial charge in [-0.25, -0.2) is 4.79 Å². The van der Waals surface area contributed by atoms with Crippen molar-refractivity contribution in [2.24, 2.45) is 0 Å². The summed E-state index contributed by atoms with van der Waals surface area (Å²) < 4.78 is 0. The van der Waals surface area contributed by atoms with Gasteiger partial charge in [0.15, 0.2) is 0 Å². The highest BCUT2D eigenvalue weighted by Crippen LogP contribution is 2.37. The molecule has 4 heteroatoms. The van der Waals surface area contributed by atoms with E-state index in [1.54, 1.807) is 17.2 Å². The van der Waals surface area contributed by atoms with Crippen LogP contribution in [0.15, 0.2) is 17.2 Å². The van der Waals surface area contributed by atoms with Crippen LogP contribution >= 0.6 is 11.8 Å². The molecule has 3 nitrogen and oxygen atoms in total. The van der Waals surface area contributed by atoms with Gasteiger partial charge in [-0.2, -0.15) is 0 Å². The molecule has 0 N–H and O–H groups in total. The summed E-state index contributed by atoms with van der Waals surface area (Å²) in [4.78, 5) is 23.2. The second-order valence-corrected chi connectivity index (χ2v) is 3.58. The minimum Gasteiger partial charge on any atom is -0.306 e. The molecule has 0 aromatic carbocycles. The smallest absolute Gasteiger partial charge is 0.230 e. The molecule has 2 rings (SSSR count). The summed E-state index contributed by atoms with van der Waals surface area (Å²) >= 11 is 1.40. The van der Waals surface area contributed by atoms with Crippen LogP contribution in [0.3, 0.4) is 0 Å². The van der Waals surface area contributed by atoms with E-state index in [0.29, 0.717) is 11.3 Å². The minimum atomic E-state index is 0.128. The maximum absolute atomic E-state index is 10.8. The Hall–Kier alpha value is -0.990. The molecule has 0 aliphatic carbocycles. The summed E-state index contributed by atoms with van der Waals surface area (Å²) in [5, 5.41) is 0.156. The molecule has 0 unspecified atom stereocenters. The van der Waals surface area contributed by atoms with Gasteiger partial charge in [0.1, 0.15) is 5.94 Å². The van der Waals surface area contributed by atoms with Crippen LogP contribution in [-0.4, -0.2) is 22.1 Å². The third-order valence-corrected chi connectivity index (χ3v) is 2.84. The number of thioether (sulfide) groups is 1. The van der Waals surface area contributed by atoms with Crippen molar-refractivity contribution >= 4 is 23.6 Å². The van der Waals surface area contributed by atoms with E-state index in [2.05, 4.69) is 0 Å². The van der Waals surface area contributed by atoms with Gasteiger partial charge in [-0.1, -0.05) is 11.8 Å². The molecule has 0 bridgehead atoms. The standard InChI is InChI=1S/C7H5NO2S/c9-4-5-1-2-8-6(10)3-7(8)11-5/h1-2,7H,3H2/t7-/m1/s1. The Bertz CT molecular complexity index is 291. The fraction of sp³-hybridized carbons (Fsp3) is 0.286. The number of fused-ring (bicyclic) bond motifs is 1. The third kappa shape index (κ3) is 0.914. The van der Waals surface area contributed by atoms with Gasteiger partial charge in [0.2, 0.25) is 5.91 Å². The predicted molar refractivity (Wildman–Crippen MR) is 41.2 cm³/mol. The van der Waals surface area contributed by atoms with Gasteiger partial charge in [-0.05, 0) is 6.08 Å². The highest BCUT2D eigenvalue weighted by Gasteiger charge is 2.37. The Kier molecular flexibility index (Phi) is 1.37. The number of rotatable bonds is 0. The van der Waals surface area contributed by atoms with Crippen molar-refractivity contribution < 1.29 is 9.59 Å². The maximum atomic E-state index is 10.8. The van der Waals surface area contributed by atoms with Crippen LogP contribution in [0, 0.1) is 0 Å². The molecule has 0 aromatic rings. The molecule has 1 amide bonds. The number of nitrogens with zero attached hydrogens (tertiary/aromatic N) is 1. The van der Waals surface area contributed by atoms with E-state index in [9.17, 15) is 9.59 Å². The largest absolute Gasteiger partial charge is 0.306 e. The van der Waals surface area contributed by atoms with E-state index < -0.39 is 0 Å². The Balaban J connectivity index is 2.24. The Morgan fingerprint density at radius 3 is 3.09 bits per heavy atom. The monoisotopic (exact) mass is 167 g/mol. The van der Waals surface area contributed by atoms with Crippen LogP contribution in [0.4, 0.5) is 0 Å². The van der Waals surface area contributed by atoms with Crippen molar-refractivity contribution in [3.63, 3.8) is 0 Å². The van der Waals surface area contributed by atoms with Gasteiger partial charge >= 0.3 is 0 Å². The fourth-order valence-electron chi connectivity index (χ4n) is 1.07. The molecule has 1 atom stereocenters. The van der Waals surface area contributed by atoms with E-state index >= 15 is 0 Å². The average molecular weight is 167 g/mol. The zero-order valence-corrected chi connectivity index (χ0v) is 6.43. The lowest BCUT2D eigenvalue weighted by atomic mass is 10.2. The van der Waals surface area contributed by atoms with Crippen molar-refractivity contribution in [1.82, 2.24) is 4.90 Å². The van der Waals surface area contributed by atoms with E-state index in [1.165, 1.54) is 11.8 Å². The van der Waals surface area contributed by atoms with Crippen LogP contribution < -0.4 is 0 Å². The highest BCUT2D eigenvalue weighted by atomic mass is 32.2. The van der Waals surface area contributed by atoms with Crippen molar-refractivity contribution in [3.8, 4) is 0 Å². The first-order valence-electron chi connectivity index (χ1n) is 3.22. The minimum absolute atomic E-state index is 0.128. The highest BCUT2D eigenvalue weighted by molar-refractivity contribution is 8.04. The van der Waals surface area contributed by atoms with Gasteiger partial charge in [-0.15, -0.1) is 0 Å². The molecule has 1 fully saturated rings. The summed E-state index contributed by atoms with van der Waals surface area (Å²) in [6.45, 7) is 0. The first kappa shape index (κ1) is 6.70. The predicted octanol–water partition coefficient (Wildman–Crippen LogP) is 0.521. The Morgan fingerprint density at radius 1 is 1.73 bits per heavy atom. The van der Waals surface area contributed by atoms with Gasteiger partial charge < -0.3 is 4.90 Å². The lowest BCUT2D eigenvalue weighted by Crippen LogP contribution is -2.48. The van der Waals surface area contributed by atoms with Crippen molar-refractivity contribution in [1.29, 1.82) is 0 Å². The molecule has 2 aliphatic rings. The number of hydrogen-bond acceptors (Lipinski definition) is 3. The van der Waals surface area contributed by atoms with E-state index in [0.717, 1.165) is 0 Å². The lowest BCUT2D eigenvalue weighted by molar-refractivity contribution is -0.137. The summed E-state index contributed by atoms with van der Waals surface area (Å²) in [5.74, 6) is 1.94. The number of allylic oxidation sites excluding steroid dienone is 1. The quantitative estimate of drug-likeness (QED) is 0.390. The van der Waals surface area contributed by atoms with Gasteiger partial charge in [0, 0.05) is 6.20 Å². The molecule has 2 aliphatic heterocycles. The summed E-state index contributed by atoms with van der Waals surface area (Å²) in [7, 11) is 0. The molecular weight excluding hydrogens is 162 g/mol. The normalized spacial score (nSPS) is 27.6. The van der Waals surface area contributed by atoms with Crippen molar-refractivity contribution in [2.45, 2.75) is 11.8 Å². The van der Waals surface area contributed by atoms with E-state index in [-0.39, 0.29) is 11.3 Å². The van der Waals surface area contributed by atoms with E-state index in [1.807, 2.05) is 5.94 Å². The molecule has 0 spiro atoms. The molecule has 1 saturated heterocycles. The second kappa shape index (κ2) is 2.26. The SMILES string of the molecule is O=C=C1C=CN2C(=O)C[C@H]2S1. The second-order valence-electron chi connectivity index (χ2n) is 2.36. The maximum Gasteiger partial charge on any atom is 0.230 e. The lowest BCUT2D eigenvalue weighted by Gasteiger charge is -2.39. The first-order valence-corrected chi connectivity index (χ1v) is 4.10. The van der Waals surface area contributed by atoms with Crippen LogP contribution in [0.2, 0.25) is 0 Å². The Morgan fingerprint density at radius 2 is 2.55 bits per heavy atom. The summed E-state index contributed by atoms with van der Waals surface area (Å²) in [6, 6.07) is 0. The molecule has 0 saturated carbocycles. The number of β-lactam (4-membered cyclic amide) rings is 1. The van der Waals surface area contributed by atoms with Crippen LogP contribution in [0.5, 0.6) is 0 Å². The van der Waals surface area contributed by atoms with Gasteiger partial charge in [0.05, 0.1) is 16.7 Å². The first-order chi connectivity index (χ1) is 5.31. The van der Waals surface area contributed by atoms with Crippen LogP contribution in [0.25, 0.3) is 0 Å². The molecule has 0 aromatic heterocycles. The number of amides is 1. The molecular formula is C7H5NO2S. The van der Waals surface area contributed by atoms with Crippen molar-refractivity contribution in [3.05, 3.63) is 17.2 Å². The topological polar surface area (TPSA) is 37.4 Å². The molecule has 56 valence electrons. The van der Waals surface area contributed by atoms with Gasteiger partial charge in [-0.3, -0.25) is 4.79 Å². The van der Waals surface area contributed by atoms with Crippen LogP contribution in [-0.2, 0) is 9.59 Å². The number of carbonyl (C=O) groups excluding carboxylic acids is 2. The number of carbonyl (C=O) groups is 1. The average Bonchev–Trinajstić information content (AvgIpc) is 2.02. The van der Waals surface area contributed by atoms with Gasteiger partial charge in [0.25, 0.3) is 0 Å². The summed E-state index contributed by atoms with van der Waals surface area (Å²) in [6.07, 6.45) is 3.80. The Labute approximate surface area is 67.7 Å². The zero-order chi connectivity index (χ0) is 7.84. The van der Waals surface area contributed by atoms with Crippen LogP contribution in [0.1, 0.15) is 6.42 Å². The third-order valence-electron chi connectivity index (χ3n) is 1.70.